The second kappa shape index (κ2) is 8.26. The van der Waals surface area contributed by atoms with E-state index in [1.165, 1.54) is 12.1 Å². The maximum atomic E-state index is 13.0. The molecule has 2 unspecified atom stereocenters. The lowest BCUT2D eigenvalue weighted by molar-refractivity contribution is -0.274. The SMILES string of the molecule is O=C1c2ccccc2C(C(=O)OCc2ccc(OC(F)(F)F)cc2)C1c1ccccc1. The molecule has 3 aromatic carbocycles. The molecule has 0 fully saturated rings. The van der Waals surface area contributed by atoms with E-state index in [0.717, 1.165) is 17.7 Å². The van der Waals surface area contributed by atoms with E-state index >= 15 is 0 Å². The molecule has 0 aliphatic heterocycles. The average molecular weight is 426 g/mol. The average Bonchev–Trinajstić information content (AvgIpc) is 3.05. The number of Topliss-reactive ketones (excluding diaryl/α,β-unsaturated/α-hetero) is 1. The van der Waals surface area contributed by atoms with Crippen LogP contribution in [-0.2, 0) is 16.1 Å². The topological polar surface area (TPSA) is 52.6 Å². The van der Waals surface area contributed by atoms with Crippen LogP contribution in [0, 0.1) is 0 Å². The molecule has 0 aromatic heterocycles. The molecule has 3 aromatic rings. The summed E-state index contributed by atoms with van der Waals surface area (Å²) in [6.07, 6.45) is -4.77. The van der Waals surface area contributed by atoms with Gasteiger partial charge in [-0.1, -0.05) is 66.7 Å². The van der Waals surface area contributed by atoms with Crippen LogP contribution < -0.4 is 4.74 Å². The van der Waals surface area contributed by atoms with Crippen LogP contribution in [0.2, 0.25) is 0 Å². The van der Waals surface area contributed by atoms with Gasteiger partial charge in [-0.25, -0.2) is 0 Å². The number of hydrogen-bond acceptors (Lipinski definition) is 4. The lowest BCUT2D eigenvalue weighted by Gasteiger charge is -2.19. The van der Waals surface area contributed by atoms with Crippen LogP contribution in [0.25, 0.3) is 0 Å². The second-order valence-electron chi connectivity index (χ2n) is 7.12. The van der Waals surface area contributed by atoms with Crippen molar-refractivity contribution in [3.05, 3.63) is 101 Å². The van der Waals surface area contributed by atoms with Crippen molar-refractivity contribution in [3.63, 3.8) is 0 Å². The van der Waals surface area contributed by atoms with E-state index in [9.17, 15) is 22.8 Å². The summed E-state index contributed by atoms with van der Waals surface area (Å²) in [6.45, 7) is -0.139. The summed E-state index contributed by atoms with van der Waals surface area (Å²) in [7, 11) is 0. The Morgan fingerprint density at radius 3 is 2.19 bits per heavy atom. The number of fused-ring (bicyclic) bond motifs is 1. The summed E-state index contributed by atoms with van der Waals surface area (Å²) in [5.41, 5.74) is 2.32. The normalized spacial score (nSPS) is 17.8. The smallest absolute Gasteiger partial charge is 0.460 e. The zero-order valence-electron chi connectivity index (χ0n) is 16.1. The van der Waals surface area contributed by atoms with Crippen molar-refractivity contribution in [2.24, 2.45) is 0 Å². The van der Waals surface area contributed by atoms with Gasteiger partial charge in [0.2, 0.25) is 0 Å². The summed E-state index contributed by atoms with van der Waals surface area (Å²) in [5, 5.41) is 0. The quantitative estimate of drug-likeness (QED) is 0.513. The number of esters is 1. The fourth-order valence-electron chi connectivity index (χ4n) is 3.79. The van der Waals surface area contributed by atoms with E-state index in [0.29, 0.717) is 16.7 Å². The van der Waals surface area contributed by atoms with Gasteiger partial charge in [-0.2, -0.15) is 0 Å². The van der Waals surface area contributed by atoms with Crippen molar-refractivity contribution in [3.8, 4) is 5.75 Å². The van der Waals surface area contributed by atoms with Crippen LogP contribution in [-0.4, -0.2) is 18.1 Å². The third kappa shape index (κ3) is 4.45. The minimum atomic E-state index is -4.77. The van der Waals surface area contributed by atoms with Crippen molar-refractivity contribution >= 4 is 11.8 Å². The third-order valence-corrected chi connectivity index (χ3v) is 5.13. The first-order chi connectivity index (χ1) is 14.8. The first-order valence-corrected chi connectivity index (χ1v) is 9.53. The minimum absolute atomic E-state index is 0.139. The van der Waals surface area contributed by atoms with Crippen LogP contribution >= 0.6 is 0 Å². The highest BCUT2D eigenvalue weighted by molar-refractivity contribution is 6.10. The maximum Gasteiger partial charge on any atom is 0.573 e. The van der Waals surface area contributed by atoms with Gasteiger partial charge in [0, 0.05) is 5.56 Å². The summed E-state index contributed by atoms with van der Waals surface area (Å²) in [5.74, 6) is -2.55. The highest BCUT2D eigenvalue weighted by Crippen LogP contribution is 2.44. The summed E-state index contributed by atoms with van der Waals surface area (Å²) in [4.78, 5) is 26.0. The first kappa shape index (κ1) is 20.7. The maximum absolute atomic E-state index is 13.0. The highest BCUT2D eigenvalue weighted by Gasteiger charge is 2.45. The Hall–Kier alpha value is -3.61. The van der Waals surface area contributed by atoms with Gasteiger partial charge in [-0.05, 0) is 28.8 Å². The fraction of sp³-hybridized carbons (Fsp3) is 0.167. The lowest BCUT2D eigenvalue weighted by Crippen LogP contribution is -2.21. The molecule has 7 heteroatoms. The number of ketones is 1. The minimum Gasteiger partial charge on any atom is -0.460 e. The summed E-state index contributed by atoms with van der Waals surface area (Å²) in [6, 6.07) is 21.1. The van der Waals surface area contributed by atoms with Gasteiger partial charge in [-0.15, -0.1) is 13.2 Å². The Morgan fingerprint density at radius 1 is 0.871 bits per heavy atom. The summed E-state index contributed by atoms with van der Waals surface area (Å²) >= 11 is 0. The molecular formula is C24H17F3O4. The molecule has 1 aliphatic carbocycles. The second-order valence-corrected chi connectivity index (χ2v) is 7.12. The third-order valence-electron chi connectivity index (χ3n) is 5.13. The van der Waals surface area contributed by atoms with Gasteiger partial charge in [0.15, 0.2) is 5.78 Å². The van der Waals surface area contributed by atoms with Gasteiger partial charge in [0.25, 0.3) is 0 Å². The van der Waals surface area contributed by atoms with E-state index in [4.69, 9.17) is 4.74 Å². The standard InChI is InChI=1S/C24H17F3O4/c25-24(26,27)31-17-12-10-15(11-13-17)14-30-23(29)21-18-8-4-5-9-19(18)22(28)20(21)16-6-2-1-3-7-16/h1-13,20-21H,14H2. The molecule has 0 spiro atoms. The van der Waals surface area contributed by atoms with E-state index in [2.05, 4.69) is 4.74 Å². The predicted octanol–water partition coefficient (Wildman–Crippen LogP) is 5.39. The zero-order valence-corrected chi connectivity index (χ0v) is 16.1. The van der Waals surface area contributed by atoms with Crippen molar-refractivity contribution in [1.29, 1.82) is 0 Å². The molecule has 4 nitrogen and oxygen atoms in total. The van der Waals surface area contributed by atoms with Gasteiger partial charge in [0.05, 0.1) is 11.8 Å². The Labute approximate surface area is 176 Å². The van der Waals surface area contributed by atoms with Gasteiger partial charge < -0.3 is 9.47 Å². The number of hydrogen-bond donors (Lipinski definition) is 0. The molecule has 0 heterocycles. The van der Waals surface area contributed by atoms with E-state index in [1.807, 2.05) is 6.07 Å². The molecule has 0 saturated heterocycles. The van der Waals surface area contributed by atoms with Crippen molar-refractivity contribution in [1.82, 2.24) is 0 Å². The molecular weight excluding hydrogens is 409 g/mol. The molecule has 158 valence electrons. The number of carbonyl (C=O) groups excluding carboxylic acids is 2. The molecule has 0 saturated carbocycles. The molecule has 0 radical (unpaired) electrons. The zero-order chi connectivity index (χ0) is 22.0. The Morgan fingerprint density at radius 2 is 1.52 bits per heavy atom. The van der Waals surface area contributed by atoms with E-state index < -0.39 is 24.2 Å². The number of ether oxygens (including phenoxy) is 2. The predicted molar refractivity (Wildman–Crippen MR) is 106 cm³/mol. The van der Waals surface area contributed by atoms with Crippen LogP contribution in [0.1, 0.15) is 38.9 Å². The lowest BCUT2D eigenvalue weighted by atomic mass is 9.86. The summed E-state index contributed by atoms with van der Waals surface area (Å²) < 4.78 is 46.1. The molecule has 0 amide bonds. The Balaban J connectivity index is 1.53. The van der Waals surface area contributed by atoms with Crippen molar-refractivity contribution < 1.29 is 32.2 Å². The van der Waals surface area contributed by atoms with E-state index in [-0.39, 0.29) is 18.1 Å². The van der Waals surface area contributed by atoms with Gasteiger partial charge >= 0.3 is 12.3 Å². The number of benzene rings is 3. The molecule has 1 aliphatic rings. The van der Waals surface area contributed by atoms with Gasteiger partial charge in [-0.3, -0.25) is 9.59 Å². The first-order valence-electron chi connectivity index (χ1n) is 9.53. The molecule has 4 rings (SSSR count). The molecule has 2 atom stereocenters. The number of halogens is 3. The van der Waals surface area contributed by atoms with Crippen LogP contribution in [0.15, 0.2) is 78.9 Å². The highest BCUT2D eigenvalue weighted by atomic mass is 19.4. The van der Waals surface area contributed by atoms with Crippen molar-refractivity contribution in [2.75, 3.05) is 0 Å². The Kier molecular flexibility index (Phi) is 5.50. The van der Waals surface area contributed by atoms with Crippen LogP contribution in [0.5, 0.6) is 5.75 Å². The molecule has 0 N–H and O–H groups in total. The van der Waals surface area contributed by atoms with Crippen LogP contribution in [0.3, 0.4) is 0 Å². The largest absolute Gasteiger partial charge is 0.573 e. The fourth-order valence-corrected chi connectivity index (χ4v) is 3.79. The van der Waals surface area contributed by atoms with Crippen LogP contribution in [0.4, 0.5) is 13.2 Å². The Bertz CT molecular complexity index is 1090. The number of carbonyl (C=O) groups is 2. The molecule has 31 heavy (non-hydrogen) atoms. The van der Waals surface area contributed by atoms with Gasteiger partial charge in [0.1, 0.15) is 12.4 Å². The number of alkyl halides is 3. The van der Waals surface area contributed by atoms with E-state index in [1.54, 1.807) is 48.5 Å². The monoisotopic (exact) mass is 426 g/mol. The van der Waals surface area contributed by atoms with Crippen molar-refractivity contribution in [2.45, 2.75) is 24.8 Å². The molecule has 0 bridgehead atoms. The number of rotatable bonds is 5.